The van der Waals surface area contributed by atoms with Gasteiger partial charge in [-0.2, -0.15) is 0 Å². The summed E-state index contributed by atoms with van der Waals surface area (Å²) >= 11 is 0. The van der Waals surface area contributed by atoms with Crippen molar-refractivity contribution < 1.29 is 9.90 Å². The highest BCUT2D eigenvalue weighted by Gasteiger charge is 2.29. The predicted molar refractivity (Wildman–Crippen MR) is 68.5 cm³/mol. The lowest BCUT2D eigenvalue weighted by Gasteiger charge is -2.25. The van der Waals surface area contributed by atoms with E-state index in [4.69, 9.17) is 5.73 Å². The van der Waals surface area contributed by atoms with Crippen LogP contribution in [0.25, 0.3) is 0 Å². The second-order valence-corrected chi connectivity index (χ2v) is 5.91. The molecule has 2 unspecified atom stereocenters. The van der Waals surface area contributed by atoms with E-state index >= 15 is 0 Å². The number of carbonyl (C=O) groups excluding carboxylic acids is 1. The molecule has 1 saturated heterocycles. The molecule has 17 heavy (non-hydrogen) atoms. The fraction of sp³-hybridized carbons (Fsp3) is 0.923. The maximum Gasteiger partial charge on any atom is 0.239 e. The van der Waals surface area contributed by atoms with Crippen LogP contribution in [0.5, 0.6) is 0 Å². The largest absolute Gasteiger partial charge is 0.390 e. The van der Waals surface area contributed by atoms with Crippen molar-refractivity contribution in [3.63, 3.8) is 0 Å². The second kappa shape index (κ2) is 5.83. The summed E-state index contributed by atoms with van der Waals surface area (Å²) in [5.74, 6) is 0.473. The van der Waals surface area contributed by atoms with Crippen molar-refractivity contribution in [2.75, 3.05) is 13.1 Å². The van der Waals surface area contributed by atoms with E-state index in [-0.39, 0.29) is 5.91 Å². The molecule has 3 N–H and O–H groups in total. The minimum atomic E-state index is -0.628. The summed E-state index contributed by atoms with van der Waals surface area (Å²) < 4.78 is 0. The van der Waals surface area contributed by atoms with Gasteiger partial charge in [0.2, 0.25) is 5.91 Å². The Morgan fingerprint density at radius 1 is 1.41 bits per heavy atom. The van der Waals surface area contributed by atoms with Crippen molar-refractivity contribution in [2.24, 2.45) is 11.7 Å². The third-order valence-electron chi connectivity index (χ3n) is 3.42. The van der Waals surface area contributed by atoms with E-state index in [1.807, 2.05) is 11.8 Å². The lowest BCUT2D eigenvalue weighted by atomic mass is 9.98. The third-order valence-corrected chi connectivity index (χ3v) is 3.42. The second-order valence-electron chi connectivity index (χ2n) is 5.91. The molecule has 0 aromatic carbocycles. The van der Waals surface area contributed by atoms with Crippen molar-refractivity contribution in [2.45, 2.75) is 58.1 Å². The average Bonchev–Trinajstić information content (AvgIpc) is 2.37. The van der Waals surface area contributed by atoms with Crippen LogP contribution in [0.2, 0.25) is 0 Å². The molecule has 1 amide bonds. The zero-order valence-electron chi connectivity index (χ0n) is 11.3. The fourth-order valence-electron chi connectivity index (χ4n) is 2.33. The molecule has 1 rings (SSSR count). The summed E-state index contributed by atoms with van der Waals surface area (Å²) in [6, 6.07) is -0.391. The highest BCUT2D eigenvalue weighted by atomic mass is 16.3. The molecule has 1 aliphatic heterocycles. The van der Waals surface area contributed by atoms with Gasteiger partial charge in [0, 0.05) is 13.1 Å². The van der Waals surface area contributed by atoms with Gasteiger partial charge >= 0.3 is 0 Å². The van der Waals surface area contributed by atoms with Crippen molar-refractivity contribution in [3.8, 4) is 0 Å². The Morgan fingerprint density at radius 2 is 2.06 bits per heavy atom. The minimum Gasteiger partial charge on any atom is -0.390 e. The lowest BCUT2D eigenvalue weighted by Crippen LogP contribution is -2.45. The van der Waals surface area contributed by atoms with Crippen molar-refractivity contribution in [1.82, 2.24) is 4.90 Å². The van der Waals surface area contributed by atoms with Gasteiger partial charge in [-0.1, -0.05) is 13.8 Å². The van der Waals surface area contributed by atoms with Crippen LogP contribution in [0.15, 0.2) is 0 Å². The Labute approximate surface area is 104 Å². The molecule has 1 aliphatic rings. The first-order valence-corrected chi connectivity index (χ1v) is 6.58. The highest BCUT2D eigenvalue weighted by molar-refractivity contribution is 5.81. The Balaban J connectivity index is 2.52. The molecule has 1 heterocycles. The molecule has 0 aromatic heterocycles. The molecule has 0 aliphatic carbocycles. The Hall–Kier alpha value is -0.610. The zero-order chi connectivity index (χ0) is 13.1. The number of hydrogen-bond donors (Lipinski definition) is 2. The number of amides is 1. The van der Waals surface area contributed by atoms with Crippen LogP contribution in [0.3, 0.4) is 0 Å². The van der Waals surface area contributed by atoms with E-state index < -0.39 is 11.6 Å². The van der Waals surface area contributed by atoms with E-state index in [9.17, 15) is 9.90 Å². The summed E-state index contributed by atoms with van der Waals surface area (Å²) in [4.78, 5) is 13.9. The molecule has 100 valence electrons. The van der Waals surface area contributed by atoms with Crippen LogP contribution in [0, 0.1) is 5.92 Å². The topological polar surface area (TPSA) is 66.6 Å². The number of carbonyl (C=O) groups is 1. The maximum atomic E-state index is 12.1. The molecule has 4 nitrogen and oxygen atoms in total. The quantitative estimate of drug-likeness (QED) is 0.779. The molecule has 2 atom stereocenters. The molecule has 0 bridgehead atoms. The van der Waals surface area contributed by atoms with Gasteiger partial charge in [0.1, 0.15) is 0 Å². The van der Waals surface area contributed by atoms with Crippen LogP contribution >= 0.6 is 0 Å². The summed E-state index contributed by atoms with van der Waals surface area (Å²) in [5.41, 5.74) is 5.29. The van der Waals surface area contributed by atoms with Crippen LogP contribution < -0.4 is 5.73 Å². The Kier molecular flexibility index (Phi) is 4.95. The minimum absolute atomic E-state index is 0.0383. The summed E-state index contributed by atoms with van der Waals surface area (Å²) in [6.07, 6.45) is 2.99. The average molecular weight is 242 g/mol. The van der Waals surface area contributed by atoms with Gasteiger partial charge in [-0.15, -0.1) is 0 Å². The number of rotatable bonds is 3. The number of likely N-dealkylation sites (tertiary alicyclic amines) is 1. The van der Waals surface area contributed by atoms with Crippen LogP contribution in [-0.2, 0) is 4.79 Å². The number of aliphatic hydroxyl groups is 1. The van der Waals surface area contributed by atoms with Gasteiger partial charge in [-0.25, -0.2) is 0 Å². The number of nitrogens with two attached hydrogens (primary N) is 1. The zero-order valence-corrected chi connectivity index (χ0v) is 11.3. The molecule has 0 saturated carbocycles. The molecular weight excluding hydrogens is 216 g/mol. The molecule has 0 radical (unpaired) electrons. The molecular formula is C13H26N2O2. The van der Waals surface area contributed by atoms with E-state index in [0.717, 1.165) is 25.8 Å². The van der Waals surface area contributed by atoms with Crippen LogP contribution in [-0.4, -0.2) is 40.6 Å². The summed E-state index contributed by atoms with van der Waals surface area (Å²) in [5, 5.41) is 9.97. The van der Waals surface area contributed by atoms with Gasteiger partial charge < -0.3 is 15.7 Å². The standard InChI is InChI=1S/C13H26N2O2/c1-10(2)9-11(14)12(16)15-7-4-5-13(3,17)6-8-15/h10-11,17H,4-9,14H2,1-3H3. The maximum absolute atomic E-state index is 12.1. The first kappa shape index (κ1) is 14.5. The summed E-state index contributed by atoms with van der Waals surface area (Å²) in [7, 11) is 0. The lowest BCUT2D eigenvalue weighted by molar-refractivity contribution is -0.133. The van der Waals surface area contributed by atoms with Crippen molar-refractivity contribution >= 4 is 5.91 Å². The van der Waals surface area contributed by atoms with Crippen molar-refractivity contribution in [3.05, 3.63) is 0 Å². The Bertz CT molecular complexity index is 264. The summed E-state index contributed by atoms with van der Waals surface area (Å²) in [6.45, 7) is 7.33. The Morgan fingerprint density at radius 3 is 2.65 bits per heavy atom. The first-order valence-electron chi connectivity index (χ1n) is 6.58. The highest BCUT2D eigenvalue weighted by Crippen LogP contribution is 2.22. The van der Waals surface area contributed by atoms with E-state index in [2.05, 4.69) is 13.8 Å². The smallest absolute Gasteiger partial charge is 0.239 e. The number of hydrogen-bond acceptors (Lipinski definition) is 3. The van der Waals surface area contributed by atoms with Gasteiger partial charge in [-0.3, -0.25) is 4.79 Å². The molecule has 1 fully saturated rings. The van der Waals surface area contributed by atoms with Crippen LogP contribution in [0.1, 0.15) is 46.5 Å². The van der Waals surface area contributed by atoms with Crippen LogP contribution in [0.4, 0.5) is 0 Å². The van der Waals surface area contributed by atoms with Gasteiger partial charge in [0.15, 0.2) is 0 Å². The van der Waals surface area contributed by atoms with Gasteiger partial charge in [0.25, 0.3) is 0 Å². The molecule has 4 heteroatoms. The third kappa shape index (κ3) is 4.64. The van der Waals surface area contributed by atoms with E-state index in [1.54, 1.807) is 0 Å². The normalized spacial score (nSPS) is 28.0. The predicted octanol–water partition coefficient (Wildman–Crippen LogP) is 1.12. The number of nitrogens with zero attached hydrogens (tertiary/aromatic N) is 1. The fourth-order valence-corrected chi connectivity index (χ4v) is 2.33. The SMILES string of the molecule is CC(C)CC(N)C(=O)N1CCCC(C)(O)CC1. The van der Waals surface area contributed by atoms with Gasteiger partial charge in [0.05, 0.1) is 11.6 Å². The molecule has 0 aromatic rings. The van der Waals surface area contributed by atoms with Gasteiger partial charge in [-0.05, 0) is 38.5 Å². The van der Waals surface area contributed by atoms with E-state index in [1.165, 1.54) is 0 Å². The first-order chi connectivity index (χ1) is 7.82. The van der Waals surface area contributed by atoms with E-state index in [0.29, 0.717) is 18.9 Å². The molecule has 0 spiro atoms. The monoisotopic (exact) mass is 242 g/mol. The van der Waals surface area contributed by atoms with Crippen molar-refractivity contribution in [1.29, 1.82) is 0 Å².